The molecule has 0 amide bonds. The first-order valence-electron chi connectivity index (χ1n) is 5.85. The molecule has 3 aromatic rings. The molecular weight excluding hydrogens is 326 g/mol. The number of hydrogen-bond donors (Lipinski definition) is 0. The van der Waals surface area contributed by atoms with Gasteiger partial charge in [-0.3, -0.25) is 4.57 Å². The normalized spacial score (nSPS) is 11.1. The van der Waals surface area contributed by atoms with Gasteiger partial charge in [-0.25, -0.2) is 9.97 Å². The number of benzene rings is 1. The monoisotopic (exact) mass is 335 g/mol. The van der Waals surface area contributed by atoms with Crippen molar-refractivity contribution < 1.29 is 0 Å². The van der Waals surface area contributed by atoms with E-state index in [2.05, 4.69) is 45.0 Å². The van der Waals surface area contributed by atoms with E-state index in [4.69, 9.17) is 11.6 Å². The maximum atomic E-state index is 6.01. The Morgan fingerprint density at radius 3 is 2.89 bits per heavy atom. The Balaban J connectivity index is 2.34. The van der Waals surface area contributed by atoms with Crippen LogP contribution in [-0.2, 0) is 5.88 Å². The summed E-state index contributed by atoms with van der Waals surface area (Å²) < 4.78 is 3.03. The molecule has 0 spiro atoms. The topological polar surface area (TPSA) is 30.7 Å². The van der Waals surface area contributed by atoms with Gasteiger partial charge in [0.25, 0.3) is 0 Å². The van der Waals surface area contributed by atoms with E-state index in [0.717, 1.165) is 27.1 Å². The molecule has 0 atom stereocenters. The second kappa shape index (κ2) is 4.94. The molecule has 5 heteroatoms. The molecule has 2 aromatic heterocycles. The Morgan fingerprint density at radius 1 is 1.32 bits per heavy atom. The van der Waals surface area contributed by atoms with Crippen molar-refractivity contribution in [2.45, 2.75) is 12.8 Å². The fourth-order valence-corrected chi connectivity index (χ4v) is 2.94. The number of fused-ring (bicyclic) bond motifs is 1. The Labute approximate surface area is 124 Å². The molecule has 2 heterocycles. The summed E-state index contributed by atoms with van der Waals surface area (Å²) in [5.41, 5.74) is 3.87. The summed E-state index contributed by atoms with van der Waals surface area (Å²) in [5.74, 6) is 1.15. The molecule has 0 saturated heterocycles. The van der Waals surface area contributed by atoms with Crippen LogP contribution in [0.4, 0.5) is 0 Å². The minimum Gasteiger partial charge on any atom is -0.280 e. The van der Waals surface area contributed by atoms with Crippen molar-refractivity contribution in [3.8, 4) is 5.69 Å². The van der Waals surface area contributed by atoms with Gasteiger partial charge in [0, 0.05) is 10.7 Å². The van der Waals surface area contributed by atoms with E-state index in [1.807, 2.05) is 22.8 Å². The Bertz CT molecular complexity index is 731. The van der Waals surface area contributed by atoms with E-state index in [0.29, 0.717) is 5.88 Å². The Hall–Kier alpha value is -1.39. The lowest BCUT2D eigenvalue weighted by molar-refractivity contribution is 0.967. The largest absolute Gasteiger partial charge is 0.280 e. The molecule has 0 unspecified atom stereocenters. The molecule has 0 fully saturated rings. The number of halogens is 2. The molecule has 19 heavy (non-hydrogen) atoms. The van der Waals surface area contributed by atoms with Crippen LogP contribution in [0, 0.1) is 6.92 Å². The predicted octanol–water partition coefficient (Wildman–Crippen LogP) is 4.23. The van der Waals surface area contributed by atoms with Crippen molar-refractivity contribution in [1.82, 2.24) is 14.5 Å². The first-order chi connectivity index (χ1) is 9.19. The number of imidazole rings is 1. The van der Waals surface area contributed by atoms with Crippen LogP contribution in [0.5, 0.6) is 0 Å². The van der Waals surface area contributed by atoms with Gasteiger partial charge in [-0.05, 0) is 42.8 Å². The van der Waals surface area contributed by atoms with E-state index < -0.39 is 0 Å². The zero-order valence-corrected chi connectivity index (χ0v) is 12.6. The van der Waals surface area contributed by atoms with Crippen LogP contribution in [0.25, 0.3) is 16.9 Å². The third-order valence-corrected chi connectivity index (χ3v) is 3.59. The molecule has 0 aliphatic rings. The summed E-state index contributed by atoms with van der Waals surface area (Å²) in [5, 5.41) is 0. The van der Waals surface area contributed by atoms with Crippen LogP contribution in [0.3, 0.4) is 0 Å². The van der Waals surface area contributed by atoms with E-state index in [1.165, 1.54) is 5.56 Å². The highest BCUT2D eigenvalue weighted by molar-refractivity contribution is 9.10. The van der Waals surface area contributed by atoms with Gasteiger partial charge >= 0.3 is 0 Å². The number of aromatic nitrogens is 3. The second-order valence-electron chi connectivity index (χ2n) is 4.33. The van der Waals surface area contributed by atoms with Gasteiger partial charge in [-0.1, -0.05) is 15.9 Å². The molecule has 3 nitrogen and oxygen atoms in total. The van der Waals surface area contributed by atoms with E-state index in [1.54, 1.807) is 6.20 Å². The lowest BCUT2D eigenvalue weighted by atomic mass is 10.2. The highest BCUT2D eigenvalue weighted by Gasteiger charge is 2.12. The zero-order valence-electron chi connectivity index (χ0n) is 10.3. The van der Waals surface area contributed by atoms with Crippen LogP contribution in [-0.4, -0.2) is 14.5 Å². The molecule has 0 bridgehead atoms. The van der Waals surface area contributed by atoms with Gasteiger partial charge in [-0.2, -0.15) is 0 Å². The van der Waals surface area contributed by atoms with E-state index >= 15 is 0 Å². The average molecular weight is 337 g/mol. The maximum Gasteiger partial charge on any atom is 0.164 e. The lowest BCUT2D eigenvalue weighted by Gasteiger charge is -2.08. The molecule has 1 aromatic carbocycles. The number of pyridine rings is 1. The average Bonchev–Trinajstić information content (AvgIpc) is 2.75. The number of hydrogen-bond acceptors (Lipinski definition) is 2. The smallest absolute Gasteiger partial charge is 0.164 e. The van der Waals surface area contributed by atoms with Crippen LogP contribution in [0.2, 0.25) is 0 Å². The minimum absolute atomic E-state index is 0.349. The predicted molar refractivity (Wildman–Crippen MR) is 80.9 cm³/mol. The van der Waals surface area contributed by atoms with Crippen molar-refractivity contribution >= 4 is 38.7 Å². The molecule has 96 valence electrons. The van der Waals surface area contributed by atoms with Crippen molar-refractivity contribution in [3.05, 3.63) is 52.4 Å². The number of rotatable bonds is 2. The molecule has 0 aliphatic carbocycles. The number of alkyl halides is 1. The first kappa shape index (κ1) is 12.6. The van der Waals surface area contributed by atoms with Crippen molar-refractivity contribution in [3.63, 3.8) is 0 Å². The van der Waals surface area contributed by atoms with Gasteiger partial charge in [-0.15, -0.1) is 11.6 Å². The summed E-state index contributed by atoms with van der Waals surface area (Å²) in [6, 6.07) is 10.0. The SMILES string of the molecule is Cc1cc(Br)cc(-n2c(CCl)nc3cccnc32)c1. The Kier molecular flexibility index (Phi) is 3.29. The van der Waals surface area contributed by atoms with Crippen LogP contribution < -0.4 is 0 Å². The van der Waals surface area contributed by atoms with Gasteiger partial charge in [0.15, 0.2) is 5.65 Å². The lowest BCUT2D eigenvalue weighted by Crippen LogP contribution is -2.00. The highest BCUT2D eigenvalue weighted by atomic mass is 79.9. The maximum absolute atomic E-state index is 6.01. The van der Waals surface area contributed by atoms with Gasteiger partial charge in [0.05, 0.1) is 11.6 Å². The summed E-state index contributed by atoms with van der Waals surface area (Å²) >= 11 is 9.53. The standard InChI is InChI=1S/C14H11BrClN3/c1-9-5-10(15)7-11(6-9)19-13(8-16)18-12-3-2-4-17-14(12)19/h2-7H,8H2,1H3. The third-order valence-electron chi connectivity index (χ3n) is 2.89. The van der Waals surface area contributed by atoms with Crippen molar-refractivity contribution in [2.75, 3.05) is 0 Å². The van der Waals surface area contributed by atoms with Gasteiger partial charge in [0.1, 0.15) is 11.3 Å². The fraction of sp³-hybridized carbons (Fsp3) is 0.143. The molecular formula is C14H11BrClN3. The van der Waals surface area contributed by atoms with E-state index in [9.17, 15) is 0 Å². The van der Waals surface area contributed by atoms with Crippen LogP contribution in [0.1, 0.15) is 11.4 Å². The molecule has 3 rings (SSSR count). The molecule has 0 aliphatic heterocycles. The summed E-state index contributed by atoms with van der Waals surface area (Å²) in [6.07, 6.45) is 1.77. The van der Waals surface area contributed by atoms with Crippen LogP contribution >= 0.6 is 27.5 Å². The quantitative estimate of drug-likeness (QED) is 0.656. The van der Waals surface area contributed by atoms with Crippen molar-refractivity contribution in [2.24, 2.45) is 0 Å². The van der Waals surface area contributed by atoms with E-state index in [-0.39, 0.29) is 0 Å². The van der Waals surface area contributed by atoms with Gasteiger partial charge < -0.3 is 0 Å². The first-order valence-corrected chi connectivity index (χ1v) is 7.17. The molecule has 0 radical (unpaired) electrons. The Morgan fingerprint density at radius 2 is 2.16 bits per heavy atom. The molecule has 0 N–H and O–H groups in total. The summed E-state index contributed by atoms with van der Waals surface area (Å²) in [4.78, 5) is 8.93. The minimum atomic E-state index is 0.349. The summed E-state index contributed by atoms with van der Waals surface area (Å²) in [6.45, 7) is 2.06. The zero-order chi connectivity index (χ0) is 13.4. The van der Waals surface area contributed by atoms with Crippen molar-refractivity contribution in [1.29, 1.82) is 0 Å². The highest BCUT2D eigenvalue weighted by Crippen LogP contribution is 2.24. The summed E-state index contributed by atoms with van der Waals surface area (Å²) in [7, 11) is 0. The number of aryl methyl sites for hydroxylation is 1. The van der Waals surface area contributed by atoms with Gasteiger partial charge in [0.2, 0.25) is 0 Å². The third kappa shape index (κ3) is 2.26. The number of nitrogens with zero attached hydrogens (tertiary/aromatic N) is 3. The fourth-order valence-electron chi connectivity index (χ4n) is 2.17. The van der Waals surface area contributed by atoms with Crippen LogP contribution in [0.15, 0.2) is 41.0 Å². The molecule has 0 saturated carbocycles. The second-order valence-corrected chi connectivity index (χ2v) is 5.51.